The summed E-state index contributed by atoms with van der Waals surface area (Å²) in [5, 5.41) is 0. The van der Waals surface area contributed by atoms with Gasteiger partial charge in [0.1, 0.15) is 5.52 Å². The third-order valence-corrected chi connectivity index (χ3v) is 2.26. The van der Waals surface area contributed by atoms with Gasteiger partial charge in [-0.1, -0.05) is 18.7 Å². The first kappa shape index (κ1) is 10.4. The Kier molecular flexibility index (Phi) is 2.72. The Morgan fingerprint density at radius 1 is 1.56 bits per heavy atom. The van der Waals surface area contributed by atoms with Crippen LogP contribution in [0.4, 0.5) is 0 Å². The predicted octanol–water partition coefficient (Wildman–Crippen LogP) is 1.97. The van der Waals surface area contributed by atoms with Crippen molar-refractivity contribution in [2.75, 3.05) is 7.05 Å². The number of rotatable bonds is 3. The Balaban J connectivity index is 2.21. The topological polar surface area (TPSA) is 46.3 Å². The number of carbonyl (C=O) groups is 1. The fourth-order valence-corrected chi connectivity index (χ4v) is 1.42. The van der Waals surface area contributed by atoms with Gasteiger partial charge in [0.15, 0.2) is 5.58 Å². The van der Waals surface area contributed by atoms with Gasteiger partial charge in [0.25, 0.3) is 0 Å². The molecule has 16 heavy (non-hydrogen) atoms. The number of carbonyl (C=O) groups excluding carboxylic acids is 1. The van der Waals surface area contributed by atoms with Crippen molar-refractivity contribution in [1.82, 2.24) is 9.88 Å². The van der Waals surface area contributed by atoms with E-state index in [1.54, 1.807) is 7.05 Å². The lowest BCUT2D eigenvalue weighted by molar-refractivity contribution is -0.125. The summed E-state index contributed by atoms with van der Waals surface area (Å²) in [4.78, 5) is 17.0. The molecule has 0 aliphatic heterocycles. The number of fused-ring (bicyclic) bond motifs is 1. The average Bonchev–Trinajstić information content (AvgIpc) is 2.69. The molecule has 1 aromatic heterocycles. The zero-order valence-corrected chi connectivity index (χ0v) is 9.01. The Hall–Kier alpha value is -2.10. The molecule has 1 heterocycles. The van der Waals surface area contributed by atoms with E-state index in [0.717, 1.165) is 11.1 Å². The van der Waals surface area contributed by atoms with E-state index in [1.807, 2.05) is 24.3 Å². The number of amides is 1. The summed E-state index contributed by atoms with van der Waals surface area (Å²) in [6, 6.07) is 7.50. The molecule has 0 fully saturated rings. The summed E-state index contributed by atoms with van der Waals surface area (Å²) in [6.07, 6.45) is 1.27. The standard InChI is InChI=1S/C12H12N2O2/c1-3-12(15)14(2)8-11-13-9-6-4-5-7-10(9)16-11/h3-7H,1,8H2,2H3. The maximum Gasteiger partial charge on any atom is 0.246 e. The van der Waals surface area contributed by atoms with Crippen molar-refractivity contribution in [2.45, 2.75) is 6.54 Å². The van der Waals surface area contributed by atoms with Gasteiger partial charge in [-0.3, -0.25) is 4.79 Å². The summed E-state index contributed by atoms with van der Waals surface area (Å²) in [7, 11) is 1.68. The molecular weight excluding hydrogens is 204 g/mol. The minimum Gasteiger partial charge on any atom is -0.439 e. The highest BCUT2D eigenvalue weighted by Crippen LogP contribution is 2.15. The van der Waals surface area contributed by atoms with Gasteiger partial charge in [0.2, 0.25) is 11.8 Å². The van der Waals surface area contributed by atoms with Crippen LogP contribution in [0.2, 0.25) is 0 Å². The van der Waals surface area contributed by atoms with Crippen molar-refractivity contribution in [3.8, 4) is 0 Å². The molecule has 0 radical (unpaired) electrons. The Morgan fingerprint density at radius 2 is 2.31 bits per heavy atom. The van der Waals surface area contributed by atoms with Crippen molar-refractivity contribution < 1.29 is 9.21 Å². The number of hydrogen-bond donors (Lipinski definition) is 0. The van der Waals surface area contributed by atoms with Crippen molar-refractivity contribution in [2.24, 2.45) is 0 Å². The maximum absolute atomic E-state index is 11.3. The number of nitrogens with zero attached hydrogens (tertiary/aromatic N) is 2. The molecule has 0 atom stereocenters. The lowest BCUT2D eigenvalue weighted by atomic mass is 10.3. The number of aromatic nitrogens is 1. The van der Waals surface area contributed by atoms with Crippen LogP contribution in [0.3, 0.4) is 0 Å². The van der Waals surface area contributed by atoms with Crippen LogP contribution in [0.25, 0.3) is 11.1 Å². The molecule has 82 valence electrons. The second-order valence-electron chi connectivity index (χ2n) is 3.47. The summed E-state index contributed by atoms with van der Waals surface area (Å²) < 4.78 is 5.49. The lowest BCUT2D eigenvalue weighted by Crippen LogP contribution is -2.23. The largest absolute Gasteiger partial charge is 0.439 e. The third kappa shape index (κ3) is 1.95. The van der Waals surface area contributed by atoms with Crippen LogP contribution in [-0.4, -0.2) is 22.8 Å². The highest BCUT2D eigenvalue weighted by molar-refractivity contribution is 5.86. The van der Waals surface area contributed by atoms with Crippen LogP contribution < -0.4 is 0 Å². The van der Waals surface area contributed by atoms with Crippen LogP contribution in [0.15, 0.2) is 41.3 Å². The van der Waals surface area contributed by atoms with Gasteiger partial charge >= 0.3 is 0 Å². The monoisotopic (exact) mass is 216 g/mol. The fourth-order valence-electron chi connectivity index (χ4n) is 1.42. The molecule has 0 aliphatic rings. The second kappa shape index (κ2) is 4.18. The van der Waals surface area contributed by atoms with E-state index in [9.17, 15) is 4.79 Å². The SMILES string of the molecule is C=CC(=O)N(C)Cc1nc2ccccc2o1. The molecule has 2 aromatic rings. The number of para-hydroxylation sites is 2. The summed E-state index contributed by atoms with van der Waals surface area (Å²) in [6.45, 7) is 3.77. The molecule has 0 unspecified atom stereocenters. The van der Waals surface area contributed by atoms with Gasteiger partial charge in [0.05, 0.1) is 6.54 Å². The predicted molar refractivity (Wildman–Crippen MR) is 60.7 cm³/mol. The zero-order valence-electron chi connectivity index (χ0n) is 9.01. The van der Waals surface area contributed by atoms with Crippen molar-refractivity contribution in [1.29, 1.82) is 0 Å². The molecule has 4 heteroatoms. The molecule has 0 aliphatic carbocycles. The van der Waals surface area contributed by atoms with Crippen LogP contribution in [-0.2, 0) is 11.3 Å². The molecule has 0 saturated carbocycles. The minimum atomic E-state index is -0.151. The third-order valence-electron chi connectivity index (χ3n) is 2.26. The van der Waals surface area contributed by atoms with Crippen molar-refractivity contribution in [3.05, 3.63) is 42.8 Å². The molecule has 2 rings (SSSR count). The van der Waals surface area contributed by atoms with Gasteiger partial charge < -0.3 is 9.32 Å². The molecule has 0 spiro atoms. The van der Waals surface area contributed by atoms with E-state index in [0.29, 0.717) is 12.4 Å². The van der Waals surface area contributed by atoms with E-state index >= 15 is 0 Å². The second-order valence-corrected chi connectivity index (χ2v) is 3.47. The average molecular weight is 216 g/mol. The first-order valence-electron chi connectivity index (χ1n) is 4.92. The van der Waals surface area contributed by atoms with Crippen LogP contribution in [0, 0.1) is 0 Å². The number of hydrogen-bond acceptors (Lipinski definition) is 3. The van der Waals surface area contributed by atoms with Gasteiger partial charge in [-0.2, -0.15) is 0 Å². The Labute approximate surface area is 93.2 Å². The maximum atomic E-state index is 11.3. The van der Waals surface area contributed by atoms with Gasteiger partial charge in [0, 0.05) is 7.05 Å². The zero-order chi connectivity index (χ0) is 11.5. The number of benzene rings is 1. The van der Waals surface area contributed by atoms with E-state index < -0.39 is 0 Å². The summed E-state index contributed by atoms with van der Waals surface area (Å²) >= 11 is 0. The Morgan fingerprint density at radius 3 is 3.00 bits per heavy atom. The highest BCUT2D eigenvalue weighted by atomic mass is 16.3. The first-order chi connectivity index (χ1) is 7.70. The quantitative estimate of drug-likeness (QED) is 0.737. The summed E-state index contributed by atoms with van der Waals surface area (Å²) in [5.41, 5.74) is 1.54. The van der Waals surface area contributed by atoms with Crippen LogP contribution in [0.5, 0.6) is 0 Å². The normalized spacial score (nSPS) is 10.3. The number of oxazole rings is 1. The molecule has 0 bridgehead atoms. The van der Waals surface area contributed by atoms with Gasteiger partial charge in [-0.15, -0.1) is 0 Å². The van der Waals surface area contributed by atoms with Crippen LogP contribution in [0.1, 0.15) is 5.89 Å². The van der Waals surface area contributed by atoms with Crippen molar-refractivity contribution >= 4 is 17.0 Å². The number of likely N-dealkylation sites (N-methyl/N-ethyl adjacent to an activating group) is 1. The molecular formula is C12H12N2O2. The summed E-state index contributed by atoms with van der Waals surface area (Å²) in [5.74, 6) is 0.376. The van der Waals surface area contributed by atoms with Crippen molar-refractivity contribution in [3.63, 3.8) is 0 Å². The molecule has 0 saturated heterocycles. The van der Waals surface area contributed by atoms with E-state index in [-0.39, 0.29) is 5.91 Å². The molecule has 4 nitrogen and oxygen atoms in total. The van der Waals surface area contributed by atoms with Crippen LogP contribution >= 0.6 is 0 Å². The van der Waals surface area contributed by atoms with Gasteiger partial charge in [-0.25, -0.2) is 4.98 Å². The lowest BCUT2D eigenvalue weighted by Gasteiger charge is -2.11. The van der Waals surface area contributed by atoms with E-state index in [1.165, 1.54) is 11.0 Å². The van der Waals surface area contributed by atoms with E-state index in [2.05, 4.69) is 11.6 Å². The minimum absolute atomic E-state index is 0.151. The first-order valence-corrected chi connectivity index (χ1v) is 4.92. The molecule has 1 aromatic carbocycles. The molecule has 1 amide bonds. The molecule has 0 N–H and O–H groups in total. The smallest absolute Gasteiger partial charge is 0.246 e. The highest BCUT2D eigenvalue weighted by Gasteiger charge is 2.10. The van der Waals surface area contributed by atoms with Gasteiger partial charge in [-0.05, 0) is 18.2 Å². The Bertz CT molecular complexity index is 498. The van der Waals surface area contributed by atoms with E-state index in [4.69, 9.17) is 4.42 Å². The fraction of sp³-hybridized carbons (Fsp3) is 0.167.